The Morgan fingerprint density at radius 1 is 1.36 bits per heavy atom. The topological polar surface area (TPSA) is 91.8 Å². The van der Waals surface area contributed by atoms with Crippen LogP contribution in [0.25, 0.3) is 0 Å². The monoisotopic (exact) mass is 365 g/mol. The molecule has 1 heterocycles. The Bertz CT molecular complexity index is 832. The molecule has 0 spiro atoms. The van der Waals surface area contributed by atoms with Gasteiger partial charge in [-0.25, -0.2) is 8.42 Å². The van der Waals surface area contributed by atoms with Crippen LogP contribution in [0.3, 0.4) is 0 Å². The first-order valence-corrected chi connectivity index (χ1v) is 10.4. The highest BCUT2D eigenvalue weighted by Crippen LogP contribution is 2.49. The summed E-state index contributed by atoms with van der Waals surface area (Å²) in [6, 6.07) is 4.74. The molecule has 2 aliphatic rings. The average Bonchev–Trinajstić information content (AvgIpc) is 3.11. The number of carboxylic acid groups (broad SMARTS) is 1. The molecule has 25 heavy (non-hydrogen) atoms. The Balaban J connectivity index is 1.91. The van der Waals surface area contributed by atoms with Crippen molar-refractivity contribution in [3.63, 3.8) is 0 Å². The van der Waals surface area contributed by atoms with Gasteiger partial charge in [0.05, 0.1) is 10.3 Å². The molecule has 3 rings (SSSR count). The van der Waals surface area contributed by atoms with Crippen molar-refractivity contribution < 1.29 is 23.1 Å². The number of carbonyl (C=O) groups is 2. The molecule has 1 aromatic rings. The third-order valence-electron chi connectivity index (χ3n) is 5.68. The fourth-order valence-electron chi connectivity index (χ4n) is 4.30. The normalized spacial score (nSPS) is 25.8. The number of amides is 1. The molecule has 1 aliphatic heterocycles. The zero-order chi connectivity index (χ0) is 18.4. The van der Waals surface area contributed by atoms with Gasteiger partial charge in [-0.05, 0) is 42.9 Å². The Hall–Kier alpha value is -1.89. The summed E-state index contributed by atoms with van der Waals surface area (Å²) in [5.74, 6) is -1.13. The van der Waals surface area contributed by atoms with Crippen molar-refractivity contribution in [2.45, 2.75) is 37.5 Å². The smallest absolute Gasteiger partial charge is 0.311 e. The third-order valence-corrected chi connectivity index (χ3v) is 6.86. The minimum atomic E-state index is -3.43. The highest BCUT2D eigenvalue weighted by atomic mass is 32.2. The number of carbonyl (C=O) groups excluding carboxylic acids is 1. The molecule has 1 N–H and O–H groups in total. The molecule has 0 radical (unpaired) electrons. The highest BCUT2D eigenvalue weighted by Gasteiger charge is 2.55. The molecule has 1 aromatic carbocycles. The lowest BCUT2D eigenvalue weighted by Crippen LogP contribution is -2.37. The van der Waals surface area contributed by atoms with Crippen LogP contribution in [0.15, 0.2) is 23.1 Å². The molecule has 0 bridgehead atoms. The standard InChI is InChI=1S/C18H23NO5S/c1-3-12-6-7-13(9-15(12)25(2,23)24)16(20)19-10-14-5-4-8-18(14,11-19)17(21)22/h6-7,9,14H,3-5,8,10-11H2,1-2H3,(H,21,22)/t14-,18+/m0/s1. The number of nitrogens with zero attached hydrogens (tertiary/aromatic N) is 1. The second-order valence-corrected chi connectivity index (χ2v) is 9.17. The molecule has 1 saturated heterocycles. The van der Waals surface area contributed by atoms with Gasteiger partial charge in [0, 0.05) is 24.9 Å². The molecule has 2 fully saturated rings. The van der Waals surface area contributed by atoms with Gasteiger partial charge in [0.1, 0.15) is 0 Å². The molecule has 0 aromatic heterocycles. The summed E-state index contributed by atoms with van der Waals surface area (Å²) in [4.78, 5) is 26.4. The van der Waals surface area contributed by atoms with Crippen LogP contribution in [-0.4, -0.2) is 49.6 Å². The quantitative estimate of drug-likeness (QED) is 0.881. The Labute approximate surface area is 147 Å². The third kappa shape index (κ3) is 2.94. The minimum absolute atomic E-state index is 0.0155. The Morgan fingerprint density at radius 2 is 2.08 bits per heavy atom. The van der Waals surface area contributed by atoms with Crippen molar-refractivity contribution in [2.24, 2.45) is 11.3 Å². The van der Waals surface area contributed by atoms with Crippen molar-refractivity contribution >= 4 is 21.7 Å². The van der Waals surface area contributed by atoms with E-state index in [4.69, 9.17) is 0 Å². The van der Waals surface area contributed by atoms with Crippen LogP contribution in [0.2, 0.25) is 0 Å². The average molecular weight is 365 g/mol. The molecule has 2 atom stereocenters. The van der Waals surface area contributed by atoms with Crippen LogP contribution >= 0.6 is 0 Å². The molecule has 0 unspecified atom stereocenters. The number of aliphatic carboxylic acids is 1. The van der Waals surface area contributed by atoms with Crippen LogP contribution in [0.4, 0.5) is 0 Å². The van der Waals surface area contributed by atoms with E-state index in [-0.39, 0.29) is 23.3 Å². The van der Waals surface area contributed by atoms with Crippen molar-refractivity contribution in [3.05, 3.63) is 29.3 Å². The van der Waals surface area contributed by atoms with Gasteiger partial charge in [-0.1, -0.05) is 19.4 Å². The number of aryl methyl sites for hydroxylation is 1. The van der Waals surface area contributed by atoms with Gasteiger partial charge in [0.2, 0.25) is 0 Å². The summed E-state index contributed by atoms with van der Waals surface area (Å²) in [5, 5.41) is 9.65. The minimum Gasteiger partial charge on any atom is -0.481 e. The SMILES string of the molecule is CCc1ccc(C(=O)N2C[C@@H]3CCC[C@@]3(C(=O)O)C2)cc1S(C)(=O)=O. The number of carboxylic acids is 1. The molecule has 1 amide bonds. The van der Waals surface area contributed by atoms with Gasteiger partial charge in [-0.3, -0.25) is 9.59 Å². The maximum Gasteiger partial charge on any atom is 0.311 e. The molecular formula is C18H23NO5S. The van der Waals surface area contributed by atoms with Gasteiger partial charge in [-0.2, -0.15) is 0 Å². The number of benzene rings is 1. The predicted molar refractivity (Wildman–Crippen MR) is 92.2 cm³/mol. The first-order chi connectivity index (χ1) is 11.7. The number of likely N-dealkylation sites (tertiary alicyclic amines) is 1. The Morgan fingerprint density at radius 3 is 2.64 bits per heavy atom. The van der Waals surface area contributed by atoms with E-state index in [0.29, 0.717) is 30.5 Å². The summed E-state index contributed by atoms with van der Waals surface area (Å²) in [6.45, 7) is 2.49. The van der Waals surface area contributed by atoms with Gasteiger partial charge in [-0.15, -0.1) is 0 Å². The lowest BCUT2D eigenvalue weighted by molar-refractivity contribution is -0.149. The summed E-state index contributed by atoms with van der Waals surface area (Å²) >= 11 is 0. The van der Waals surface area contributed by atoms with Crippen LogP contribution in [-0.2, 0) is 21.1 Å². The lowest BCUT2D eigenvalue weighted by Gasteiger charge is -2.23. The van der Waals surface area contributed by atoms with E-state index in [0.717, 1.165) is 19.1 Å². The fourth-order valence-corrected chi connectivity index (χ4v) is 5.33. The maximum atomic E-state index is 12.9. The summed E-state index contributed by atoms with van der Waals surface area (Å²) in [5.41, 5.74) is 0.149. The number of hydrogen-bond donors (Lipinski definition) is 1. The number of fused-ring (bicyclic) bond motifs is 1. The van der Waals surface area contributed by atoms with Crippen molar-refractivity contribution in [3.8, 4) is 0 Å². The molecule has 6 nitrogen and oxygen atoms in total. The van der Waals surface area contributed by atoms with E-state index < -0.39 is 21.2 Å². The highest BCUT2D eigenvalue weighted by molar-refractivity contribution is 7.90. The number of hydrogen-bond acceptors (Lipinski definition) is 4. The van der Waals surface area contributed by atoms with E-state index in [1.54, 1.807) is 17.0 Å². The molecule has 1 saturated carbocycles. The predicted octanol–water partition coefficient (Wildman–Crippen LogP) is 1.98. The van der Waals surface area contributed by atoms with Crippen molar-refractivity contribution in [1.82, 2.24) is 4.90 Å². The fraction of sp³-hybridized carbons (Fsp3) is 0.556. The van der Waals surface area contributed by atoms with Crippen molar-refractivity contribution in [2.75, 3.05) is 19.3 Å². The van der Waals surface area contributed by atoms with Crippen molar-refractivity contribution in [1.29, 1.82) is 0 Å². The molecule has 7 heteroatoms. The van der Waals surface area contributed by atoms with Crippen LogP contribution in [0.5, 0.6) is 0 Å². The van der Waals surface area contributed by atoms with Crippen LogP contribution in [0, 0.1) is 11.3 Å². The van der Waals surface area contributed by atoms with E-state index in [1.807, 2.05) is 6.92 Å². The van der Waals surface area contributed by atoms with E-state index in [2.05, 4.69) is 0 Å². The lowest BCUT2D eigenvalue weighted by atomic mass is 9.81. The largest absolute Gasteiger partial charge is 0.481 e. The molecule has 136 valence electrons. The number of sulfone groups is 1. The van der Waals surface area contributed by atoms with Gasteiger partial charge in [0.25, 0.3) is 5.91 Å². The maximum absolute atomic E-state index is 12.9. The van der Waals surface area contributed by atoms with Crippen LogP contribution < -0.4 is 0 Å². The zero-order valence-corrected chi connectivity index (χ0v) is 15.3. The second-order valence-electron chi connectivity index (χ2n) is 7.18. The first-order valence-electron chi connectivity index (χ1n) is 8.54. The van der Waals surface area contributed by atoms with E-state index in [9.17, 15) is 23.1 Å². The number of rotatable bonds is 4. The molecule has 1 aliphatic carbocycles. The van der Waals surface area contributed by atoms with E-state index >= 15 is 0 Å². The van der Waals surface area contributed by atoms with Gasteiger partial charge >= 0.3 is 5.97 Å². The summed E-state index contributed by atoms with van der Waals surface area (Å²) < 4.78 is 24.0. The zero-order valence-electron chi connectivity index (χ0n) is 14.5. The van der Waals surface area contributed by atoms with Crippen LogP contribution in [0.1, 0.15) is 42.1 Å². The summed E-state index contributed by atoms with van der Waals surface area (Å²) in [7, 11) is -3.43. The van der Waals surface area contributed by atoms with E-state index in [1.165, 1.54) is 6.07 Å². The van der Waals surface area contributed by atoms with Gasteiger partial charge < -0.3 is 10.0 Å². The Kier molecular flexibility index (Phi) is 4.39. The van der Waals surface area contributed by atoms with Gasteiger partial charge in [0.15, 0.2) is 9.84 Å². The first kappa shape index (κ1) is 17.9. The molecular weight excluding hydrogens is 342 g/mol. The second kappa shape index (κ2) is 6.12. The summed E-state index contributed by atoms with van der Waals surface area (Å²) in [6.07, 6.45) is 3.99.